The summed E-state index contributed by atoms with van der Waals surface area (Å²) in [5.74, 6) is 1.50. The molecule has 0 aliphatic rings. The topological polar surface area (TPSA) is 52.0 Å². The maximum Gasteiger partial charge on any atom is 0.157 e. The zero-order valence-corrected chi connectivity index (χ0v) is 8.64. The third-order valence-corrected chi connectivity index (χ3v) is 2.06. The molecule has 78 valence electrons. The molecule has 0 saturated carbocycles. The highest BCUT2D eigenvalue weighted by Crippen LogP contribution is 2.14. The number of nitrogens with zero attached hydrogens (tertiary/aromatic N) is 3. The summed E-state index contributed by atoms with van der Waals surface area (Å²) in [6.07, 6.45) is 5.29. The Morgan fingerprint density at radius 2 is 2.33 bits per heavy atom. The molecule has 0 aromatic carbocycles. The Bertz CT molecular complexity index is 452. The minimum Gasteiger partial charge on any atom is -0.497 e. The molecule has 0 saturated heterocycles. The van der Waals surface area contributed by atoms with E-state index < -0.39 is 0 Å². The number of methoxy groups -OCH3 is 1. The van der Waals surface area contributed by atoms with Gasteiger partial charge in [0.2, 0.25) is 0 Å². The molecule has 5 heteroatoms. The molecule has 2 rings (SSSR count). The second-order valence-corrected chi connectivity index (χ2v) is 2.98. The summed E-state index contributed by atoms with van der Waals surface area (Å²) < 4.78 is 6.80. The van der Waals surface area contributed by atoms with Crippen LogP contribution < -0.4 is 10.1 Å². The highest BCUT2D eigenvalue weighted by Gasteiger charge is 2.01. The normalized spacial score (nSPS) is 10.0. The number of nitrogens with one attached hydrogen (secondary N) is 1. The minimum atomic E-state index is 0.732. The van der Waals surface area contributed by atoms with Crippen molar-refractivity contribution in [3.63, 3.8) is 0 Å². The van der Waals surface area contributed by atoms with Gasteiger partial charge in [0.1, 0.15) is 5.75 Å². The molecule has 0 radical (unpaired) electrons. The van der Waals surface area contributed by atoms with E-state index in [4.69, 9.17) is 4.74 Å². The lowest BCUT2D eigenvalue weighted by Crippen LogP contribution is -1.98. The maximum absolute atomic E-state index is 5.11. The Kier molecular flexibility index (Phi) is 2.53. The molecule has 0 bridgehead atoms. The van der Waals surface area contributed by atoms with E-state index in [1.165, 1.54) is 0 Å². The molecule has 5 nitrogen and oxygen atoms in total. The fraction of sp³-hybridized carbons (Fsp3) is 0.200. The standard InChI is InChI=1S/C10H12N4O/c1-11-8-6-13-14(7-8)10-5-9(15-2)3-4-12-10/h3-7,11H,1-2H3. The highest BCUT2D eigenvalue weighted by atomic mass is 16.5. The molecule has 0 aliphatic heterocycles. The van der Waals surface area contributed by atoms with E-state index in [9.17, 15) is 0 Å². The fourth-order valence-corrected chi connectivity index (χ4v) is 1.23. The van der Waals surface area contributed by atoms with Crippen molar-refractivity contribution >= 4 is 5.69 Å². The van der Waals surface area contributed by atoms with E-state index in [0.717, 1.165) is 17.3 Å². The first kappa shape index (κ1) is 9.51. The number of hydrogen-bond donors (Lipinski definition) is 1. The lowest BCUT2D eigenvalue weighted by molar-refractivity contribution is 0.414. The second kappa shape index (κ2) is 4.00. The van der Waals surface area contributed by atoms with Gasteiger partial charge in [-0.05, 0) is 6.07 Å². The first-order valence-electron chi connectivity index (χ1n) is 4.56. The van der Waals surface area contributed by atoms with Crippen molar-refractivity contribution in [1.29, 1.82) is 0 Å². The van der Waals surface area contributed by atoms with E-state index in [1.807, 2.05) is 19.3 Å². The van der Waals surface area contributed by atoms with Gasteiger partial charge in [-0.1, -0.05) is 0 Å². The lowest BCUT2D eigenvalue weighted by Gasteiger charge is -2.02. The van der Waals surface area contributed by atoms with Crippen molar-refractivity contribution in [3.05, 3.63) is 30.7 Å². The van der Waals surface area contributed by atoms with Crippen LogP contribution in [0, 0.1) is 0 Å². The molecule has 0 aliphatic carbocycles. The van der Waals surface area contributed by atoms with Gasteiger partial charge in [-0.15, -0.1) is 0 Å². The van der Waals surface area contributed by atoms with Crippen LogP contribution in [0.2, 0.25) is 0 Å². The van der Waals surface area contributed by atoms with Gasteiger partial charge in [-0.25, -0.2) is 9.67 Å². The van der Waals surface area contributed by atoms with Gasteiger partial charge in [-0.2, -0.15) is 5.10 Å². The van der Waals surface area contributed by atoms with Gasteiger partial charge in [0.15, 0.2) is 5.82 Å². The largest absolute Gasteiger partial charge is 0.497 e. The highest BCUT2D eigenvalue weighted by molar-refractivity contribution is 5.40. The van der Waals surface area contributed by atoms with Crippen molar-refractivity contribution in [2.24, 2.45) is 0 Å². The van der Waals surface area contributed by atoms with Crippen LogP contribution in [0.5, 0.6) is 5.75 Å². The Balaban J connectivity index is 2.35. The average molecular weight is 204 g/mol. The average Bonchev–Trinajstić information content (AvgIpc) is 2.78. The summed E-state index contributed by atoms with van der Waals surface area (Å²) in [7, 11) is 3.47. The van der Waals surface area contributed by atoms with E-state index in [0.29, 0.717) is 0 Å². The predicted molar refractivity (Wildman–Crippen MR) is 57.5 cm³/mol. The summed E-state index contributed by atoms with van der Waals surface area (Å²) in [5, 5.41) is 7.17. The van der Waals surface area contributed by atoms with Crippen molar-refractivity contribution in [2.45, 2.75) is 0 Å². The van der Waals surface area contributed by atoms with Crippen molar-refractivity contribution < 1.29 is 4.74 Å². The SMILES string of the molecule is CNc1cnn(-c2cc(OC)ccn2)c1. The molecule has 0 spiro atoms. The van der Waals surface area contributed by atoms with Crippen LogP contribution in [0.25, 0.3) is 5.82 Å². The van der Waals surface area contributed by atoms with E-state index in [1.54, 1.807) is 30.3 Å². The smallest absolute Gasteiger partial charge is 0.157 e. The third kappa shape index (κ3) is 1.90. The zero-order chi connectivity index (χ0) is 10.7. The maximum atomic E-state index is 5.11. The molecule has 0 amide bonds. The number of ether oxygens (including phenoxy) is 1. The summed E-state index contributed by atoms with van der Waals surface area (Å²) >= 11 is 0. The number of pyridine rings is 1. The fourth-order valence-electron chi connectivity index (χ4n) is 1.23. The molecule has 2 heterocycles. The van der Waals surface area contributed by atoms with Crippen LogP contribution >= 0.6 is 0 Å². The van der Waals surface area contributed by atoms with Gasteiger partial charge >= 0.3 is 0 Å². The molecule has 2 aromatic rings. The molecule has 0 fully saturated rings. The van der Waals surface area contributed by atoms with E-state index >= 15 is 0 Å². The van der Waals surface area contributed by atoms with Crippen molar-refractivity contribution in [1.82, 2.24) is 14.8 Å². The monoisotopic (exact) mass is 204 g/mol. The second-order valence-electron chi connectivity index (χ2n) is 2.98. The molecule has 1 N–H and O–H groups in total. The zero-order valence-electron chi connectivity index (χ0n) is 8.64. The first-order chi connectivity index (χ1) is 7.33. The summed E-state index contributed by atoms with van der Waals surface area (Å²) in [4.78, 5) is 4.20. The van der Waals surface area contributed by atoms with Crippen molar-refractivity contribution in [3.8, 4) is 11.6 Å². The van der Waals surface area contributed by atoms with Crippen molar-refractivity contribution in [2.75, 3.05) is 19.5 Å². The minimum absolute atomic E-state index is 0.732. The number of anilines is 1. The Morgan fingerprint density at radius 3 is 3.00 bits per heavy atom. The summed E-state index contributed by atoms with van der Waals surface area (Å²) in [6.45, 7) is 0. The molecule has 0 atom stereocenters. The molecule has 15 heavy (non-hydrogen) atoms. The summed E-state index contributed by atoms with van der Waals surface area (Å²) in [6, 6.07) is 3.62. The number of hydrogen-bond acceptors (Lipinski definition) is 4. The van der Waals surface area contributed by atoms with Gasteiger partial charge in [0.05, 0.1) is 25.2 Å². The first-order valence-corrected chi connectivity index (χ1v) is 4.56. The molecule has 0 unspecified atom stereocenters. The van der Waals surface area contributed by atoms with Gasteiger partial charge in [-0.3, -0.25) is 0 Å². The van der Waals surface area contributed by atoms with Crippen LogP contribution in [0.4, 0.5) is 5.69 Å². The summed E-state index contributed by atoms with van der Waals surface area (Å²) in [5.41, 5.74) is 0.944. The Labute approximate surface area is 87.7 Å². The van der Waals surface area contributed by atoms with Crippen LogP contribution in [0.15, 0.2) is 30.7 Å². The van der Waals surface area contributed by atoms with E-state index in [-0.39, 0.29) is 0 Å². The van der Waals surface area contributed by atoms with Gasteiger partial charge < -0.3 is 10.1 Å². The number of rotatable bonds is 3. The number of aromatic nitrogens is 3. The lowest BCUT2D eigenvalue weighted by atomic mass is 10.4. The molecular weight excluding hydrogens is 192 g/mol. The Hall–Kier alpha value is -2.04. The van der Waals surface area contributed by atoms with Crippen LogP contribution in [-0.2, 0) is 0 Å². The van der Waals surface area contributed by atoms with E-state index in [2.05, 4.69) is 15.4 Å². The Morgan fingerprint density at radius 1 is 1.47 bits per heavy atom. The van der Waals surface area contributed by atoms with Gasteiger partial charge in [0, 0.05) is 19.3 Å². The molecular formula is C10H12N4O. The third-order valence-electron chi connectivity index (χ3n) is 2.06. The van der Waals surface area contributed by atoms with Crippen LogP contribution in [-0.4, -0.2) is 28.9 Å². The predicted octanol–water partition coefficient (Wildman–Crippen LogP) is 1.32. The van der Waals surface area contributed by atoms with Gasteiger partial charge in [0.25, 0.3) is 0 Å². The quantitative estimate of drug-likeness (QED) is 0.819. The molecule has 2 aromatic heterocycles. The van der Waals surface area contributed by atoms with Crippen LogP contribution in [0.3, 0.4) is 0 Å². The van der Waals surface area contributed by atoms with Crippen LogP contribution in [0.1, 0.15) is 0 Å².